The van der Waals surface area contributed by atoms with E-state index >= 15 is 0 Å². The van der Waals surface area contributed by atoms with Crippen molar-refractivity contribution in [3.8, 4) is 0 Å². The lowest BCUT2D eigenvalue weighted by Crippen LogP contribution is -2.36. The molecule has 10 heteroatoms. The van der Waals surface area contributed by atoms with Gasteiger partial charge in [-0.15, -0.1) is 0 Å². The van der Waals surface area contributed by atoms with Crippen molar-refractivity contribution < 1.29 is 22.8 Å². The Hall–Kier alpha value is -2.88. The summed E-state index contributed by atoms with van der Waals surface area (Å²) in [5.41, 5.74) is -0.125. The van der Waals surface area contributed by atoms with Crippen LogP contribution in [0.3, 0.4) is 0 Å². The number of carbonyl (C=O) groups is 2. The first kappa shape index (κ1) is 22.3. The highest BCUT2D eigenvalue weighted by atomic mass is 19.4. The third-order valence-electron chi connectivity index (χ3n) is 6.61. The van der Waals surface area contributed by atoms with E-state index in [1.807, 2.05) is 11.9 Å². The number of benzene rings is 1. The molecule has 172 valence electrons. The van der Waals surface area contributed by atoms with E-state index in [-0.39, 0.29) is 35.8 Å². The van der Waals surface area contributed by atoms with E-state index in [2.05, 4.69) is 10.4 Å². The number of aromatic nitrogens is 2. The lowest BCUT2D eigenvalue weighted by Gasteiger charge is -2.27. The topological polar surface area (TPSA) is 70.5 Å². The van der Waals surface area contributed by atoms with Gasteiger partial charge in [0.2, 0.25) is 0 Å². The molecule has 4 rings (SSSR count). The molecule has 1 saturated heterocycles. The van der Waals surface area contributed by atoms with E-state index in [0.29, 0.717) is 24.9 Å². The lowest BCUT2D eigenvalue weighted by atomic mass is 10.0. The van der Waals surface area contributed by atoms with E-state index in [1.165, 1.54) is 36.1 Å². The number of fused-ring (bicyclic) bond motifs is 1. The number of rotatable bonds is 4. The molecule has 2 heterocycles. The molecular formula is C22H26F3N5O2. The van der Waals surface area contributed by atoms with E-state index in [1.54, 1.807) is 11.0 Å². The first-order valence-corrected chi connectivity index (χ1v) is 10.6. The predicted molar refractivity (Wildman–Crippen MR) is 111 cm³/mol. The molecule has 2 fully saturated rings. The molecule has 1 N–H and O–H groups in total. The van der Waals surface area contributed by atoms with Crippen LogP contribution in [0.25, 0.3) is 0 Å². The number of amides is 2. The average Bonchev–Trinajstić information content (AvgIpc) is 3.47. The average molecular weight is 449 g/mol. The Labute approximate surface area is 184 Å². The maximum Gasteiger partial charge on any atom is 0.416 e. The second-order valence-corrected chi connectivity index (χ2v) is 8.63. The van der Waals surface area contributed by atoms with Crippen LogP contribution >= 0.6 is 0 Å². The maximum atomic E-state index is 13.3. The van der Waals surface area contributed by atoms with Gasteiger partial charge in [-0.05, 0) is 49.4 Å². The second-order valence-electron chi connectivity index (χ2n) is 8.63. The quantitative estimate of drug-likeness (QED) is 0.779. The van der Waals surface area contributed by atoms with Gasteiger partial charge in [0.05, 0.1) is 5.56 Å². The minimum Gasteiger partial charge on any atom is -0.354 e. The number of hydrogen-bond acceptors (Lipinski definition) is 4. The summed E-state index contributed by atoms with van der Waals surface area (Å²) >= 11 is 0. The Balaban J connectivity index is 1.35. The van der Waals surface area contributed by atoms with Crippen molar-refractivity contribution in [3.63, 3.8) is 0 Å². The summed E-state index contributed by atoms with van der Waals surface area (Å²) in [6, 6.07) is 7.11. The fourth-order valence-corrected chi connectivity index (χ4v) is 4.94. The van der Waals surface area contributed by atoms with Gasteiger partial charge >= 0.3 is 12.2 Å². The van der Waals surface area contributed by atoms with Gasteiger partial charge in [-0.2, -0.15) is 23.0 Å². The number of carbonyl (C=O) groups excluding carboxylic acids is 2. The lowest BCUT2D eigenvalue weighted by molar-refractivity contribution is -0.138. The SMILES string of the molecule is CNC(=O)c1ccn(C(=O)N2CC3CC(N(C)Cc4ccccc4C(F)(F)F)CC3C2)n1. The Kier molecular flexibility index (Phi) is 5.98. The molecule has 0 bridgehead atoms. The fourth-order valence-electron chi connectivity index (χ4n) is 4.94. The second kappa shape index (κ2) is 8.57. The standard InChI is InChI=1S/C22H26F3N5O2/c1-26-20(31)19-7-8-30(27-19)21(32)29-12-15-9-17(10-16(15)13-29)28(2)11-14-5-3-4-6-18(14)22(23,24)25/h3-8,15-17H,9-13H2,1-2H3,(H,26,31). The number of nitrogens with zero attached hydrogens (tertiary/aromatic N) is 4. The van der Waals surface area contributed by atoms with E-state index < -0.39 is 11.7 Å². The minimum atomic E-state index is -4.37. The molecule has 1 aromatic carbocycles. The summed E-state index contributed by atoms with van der Waals surface area (Å²) in [6.45, 7) is 1.41. The molecule has 0 radical (unpaired) electrons. The summed E-state index contributed by atoms with van der Waals surface area (Å²) in [4.78, 5) is 28.2. The van der Waals surface area contributed by atoms with Gasteiger partial charge in [0.25, 0.3) is 5.91 Å². The smallest absolute Gasteiger partial charge is 0.354 e. The van der Waals surface area contributed by atoms with Crippen LogP contribution in [0.2, 0.25) is 0 Å². The number of alkyl halides is 3. The molecular weight excluding hydrogens is 423 g/mol. The Bertz CT molecular complexity index is 991. The number of likely N-dealkylation sites (tertiary alicyclic amines) is 1. The van der Waals surface area contributed by atoms with E-state index in [9.17, 15) is 22.8 Å². The molecule has 1 saturated carbocycles. The zero-order valence-electron chi connectivity index (χ0n) is 18.0. The monoisotopic (exact) mass is 449 g/mol. The highest BCUT2D eigenvalue weighted by molar-refractivity contribution is 5.92. The van der Waals surface area contributed by atoms with Crippen LogP contribution in [0.15, 0.2) is 36.5 Å². The van der Waals surface area contributed by atoms with E-state index in [0.717, 1.165) is 18.9 Å². The number of nitrogens with one attached hydrogen (secondary N) is 1. The van der Waals surface area contributed by atoms with Crippen LogP contribution in [0.1, 0.15) is 34.5 Å². The van der Waals surface area contributed by atoms with Crippen LogP contribution in [-0.2, 0) is 12.7 Å². The molecule has 7 nitrogen and oxygen atoms in total. The summed E-state index contributed by atoms with van der Waals surface area (Å²) in [7, 11) is 3.37. The largest absolute Gasteiger partial charge is 0.416 e. The van der Waals surface area contributed by atoms with Crippen molar-refractivity contribution in [1.29, 1.82) is 0 Å². The summed E-state index contributed by atoms with van der Waals surface area (Å²) < 4.78 is 41.1. The first-order chi connectivity index (χ1) is 15.2. The van der Waals surface area contributed by atoms with Crippen LogP contribution in [0, 0.1) is 11.8 Å². The third kappa shape index (κ3) is 4.36. The number of hydrogen-bond donors (Lipinski definition) is 1. The highest BCUT2D eigenvalue weighted by Gasteiger charge is 2.44. The predicted octanol–water partition coefficient (Wildman–Crippen LogP) is 3.07. The van der Waals surface area contributed by atoms with Crippen LogP contribution in [0.4, 0.5) is 18.0 Å². The van der Waals surface area contributed by atoms with Crippen molar-refractivity contribution in [2.75, 3.05) is 27.2 Å². The molecule has 1 aliphatic carbocycles. The summed E-state index contributed by atoms with van der Waals surface area (Å²) in [6.07, 6.45) is -1.21. The van der Waals surface area contributed by atoms with Gasteiger partial charge in [-0.25, -0.2) is 4.79 Å². The molecule has 2 atom stereocenters. The van der Waals surface area contributed by atoms with E-state index in [4.69, 9.17) is 0 Å². The van der Waals surface area contributed by atoms with Crippen LogP contribution in [0.5, 0.6) is 0 Å². The molecule has 2 unspecified atom stereocenters. The van der Waals surface area contributed by atoms with Gasteiger partial charge in [-0.1, -0.05) is 18.2 Å². The zero-order chi connectivity index (χ0) is 23.0. The van der Waals surface area contributed by atoms with Gasteiger partial charge in [0, 0.05) is 38.9 Å². The fraction of sp³-hybridized carbons (Fsp3) is 0.500. The molecule has 1 aliphatic heterocycles. The zero-order valence-corrected chi connectivity index (χ0v) is 18.0. The van der Waals surface area contributed by atoms with Crippen molar-refractivity contribution in [1.82, 2.24) is 24.9 Å². The molecule has 0 spiro atoms. The van der Waals surface area contributed by atoms with Crippen LogP contribution in [-0.4, -0.2) is 64.7 Å². The molecule has 2 amide bonds. The van der Waals surface area contributed by atoms with Crippen molar-refractivity contribution in [2.24, 2.45) is 11.8 Å². The highest BCUT2D eigenvalue weighted by Crippen LogP contribution is 2.41. The van der Waals surface area contributed by atoms with Crippen molar-refractivity contribution in [3.05, 3.63) is 53.3 Å². The third-order valence-corrected chi connectivity index (χ3v) is 6.61. The molecule has 2 aliphatic rings. The normalized spacial score (nSPS) is 22.9. The molecule has 32 heavy (non-hydrogen) atoms. The summed E-state index contributed by atoms with van der Waals surface area (Å²) in [5, 5.41) is 6.52. The molecule has 2 aromatic rings. The van der Waals surface area contributed by atoms with Gasteiger partial charge in [0.1, 0.15) is 0 Å². The molecule has 1 aromatic heterocycles. The van der Waals surface area contributed by atoms with Gasteiger partial charge in [0.15, 0.2) is 5.69 Å². The Morgan fingerprint density at radius 1 is 1.16 bits per heavy atom. The van der Waals surface area contributed by atoms with Gasteiger partial charge in [-0.3, -0.25) is 9.69 Å². The minimum absolute atomic E-state index is 0.174. The summed E-state index contributed by atoms with van der Waals surface area (Å²) in [5.74, 6) is 0.254. The maximum absolute atomic E-state index is 13.3. The van der Waals surface area contributed by atoms with Crippen LogP contribution < -0.4 is 5.32 Å². The Morgan fingerprint density at radius 3 is 2.44 bits per heavy atom. The van der Waals surface area contributed by atoms with Crippen molar-refractivity contribution in [2.45, 2.75) is 31.6 Å². The Morgan fingerprint density at radius 2 is 1.81 bits per heavy atom. The first-order valence-electron chi connectivity index (χ1n) is 10.6. The van der Waals surface area contributed by atoms with Gasteiger partial charge < -0.3 is 10.2 Å². The number of halogens is 3. The van der Waals surface area contributed by atoms with Crippen molar-refractivity contribution >= 4 is 11.9 Å².